The third-order valence-corrected chi connectivity index (χ3v) is 3.33. The fourth-order valence-corrected chi connectivity index (χ4v) is 2.32. The molecule has 2 rings (SSSR count). The Morgan fingerprint density at radius 2 is 2.31 bits per heavy atom. The molecule has 0 aromatic rings. The second-order valence-corrected chi connectivity index (χ2v) is 4.58. The molecule has 0 amide bonds. The van der Waals surface area contributed by atoms with Crippen LogP contribution in [0.5, 0.6) is 0 Å². The first-order chi connectivity index (χ1) is 7.66. The molecule has 5 heteroatoms. The van der Waals surface area contributed by atoms with E-state index in [4.69, 9.17) is 14.6 Å². The van der Waals surface area contributed by atoms with Crippen LogP contribution in [0.4, 0.5) is 0 Å². The number of hydrogen-bond acceptors (Lipinski definition) is 4. The largest absolute Gasteiger partial charge is 0.479 e. The summed E-state index contributed by atoms with van der Waals surface area (Å²) in [4.78, 5) is 13.1. The summed E-state index contributed by atoms with van der Waals surface area (Å²) in [6.45, 7) is 5.39. The first-order valence-electron chi connectivity index (χ1n) is 5.87. The van der Waals surface area contributed by atoms with Gasteiger partial charge in [-0.25, -0.2) is 4.79 Å². The summed E-state index contributed by atoms with van der Waals surface area (Å²) in [7, 11) is 0. The average Bonchev–Trinajstić information content (AvgIpc) is 2.70. The number of nitrogens with zero attached hydrogens (tertiary/aromatic N) is 1. The summed E-state index contributed by atoms with van der Waals surface area (Å²) >= 11 is 0. The molecule has 2 aliphatic heterocycles. The van der Waals surface area contributed by atoms with Crippen molar-refractivity contribution in [2.75, 3.05) is 26.3 Å². The lowest BCUT2D eigenvalue weighted by Gasteiger charge is -2.34. The van der Waals surface area contributed by atoms with Gasteiger partial charge in [0, 0.05) is 19.1 Å². The third kappa shape index (κ3) is 2.72. The van der Waals surface area contributed by atoms with Crippen molar-refractivity contribution in [3.63, 3.8) is 0 Å². The molecule has 16 heavy (non-hydrogen) atoms. The van der Waals surface area contributed by atoms with Crippen molar-refractivity contribution in [1.82, 2.24) is 4.90 Å². The monoisotopic (exact) mass is 229 g/mol. The van der Waals surface area contributed by atoms with E-state index in [1.165, 1.54) is 0 Å². The van der Waals surface area contributed by atoms with Crippen LogP contribution in [0, 0.1) is 0 Å². The predicted molar refractivity (Wildman–Crippen MR) is 57.4 cm³/mol. The summed E-state index contributed by atoms with van der Waals surface area (Å²) in [5.41, 5.74) is 0. The fraction of sp³-hybridized carbons (Fsp3) is 0.909. The molecule has 2 fully saturated rings. The predicted octanol–water partition coefficient (Wildman–Crippen LogP) is 0.339. The van der Waals surface area contributed by atoms with Gasteiger partial charge in [0.05, 0.1) is 19.3 Å². The van der Waals surface area contributed by atoms with Crippen LogP contribution < -0.4 is 0 Å². The van der Waals surface area contributed by atoms with E-state index in [9.17, 15) is 4.79 Å². The lowest BCUT2D eigenvalue weighted by molar-refractivity contribution is -0.150. The van der Waals surface area contributed by atoms with Crippen molar-refractivity contribution in [1.29, 1.82) is 0 Å². The van der Waals surface area contributed by atoms with Gasteiger partial charge in [0.15, 0.2) is 6.10 Å². The highest BCUT2D eigenvalue weighted by atomic mass is 16.5. The van der Waals surface area contributed by atoms with E-state index in [2.05, 4.69) is 11.8 Å². The maximum Gasteiger partial charge on any atom is 0.332 e. The average molecular weight is 229 g/mol. The minimum Gasteiger partial charge on any atom is -0.479 e. The third-order valence-electron chi connectivity index (χ3n) is 3.33. The van der Waals surface area contributed by atoms with Gasteiger partial charge in [0.1, 0.15) is 0 Å². The highest BCUT2D eigenvalue weighted by molar-refractivity contribution is 5.72. The maximum absolute atomic E-state index is 10.7. The lowest BCUT2D eigenvalue weighted by atomic mass is 10.1. The van der Waals surface area contributed by atoms with Gasteiger partial charge < -0.3 is 14.6 Å². The molecule has 0 saturated carbocycles. The van der Waals surface area contributed by atoms with Gasteiger partial charge in [0.2, 0.25) is 0 Å². The Morgan fingerprint density at radius 3 is 2.94 bits per heavy atom. The van der Waals surface area contributed by atoms with E-state index in [0.29, 0.717) is 12.5 Å². The summed E-state index contributed by atoms with van der Waals surface area (Å²) in [6, 6.07) is 0.404. The molecule has 0 bridgehead atoms. The van der Waals surface area contributed by atoms with E-state index >= 15 is 0 Å². The second kappa shape index (κ2) is 5.12. The number of hydrogen-bond donors (Lipinski definition) is 1. The van der Waals surface area contributed by atoms with Crippen LogP contribution in [-0.4, -0.2) is 60.5 Å². The molecule has 92 valence electrons. The van der Waals surface area contributed by atoms with Crippen molar-refractivity contribution < 1.29 is 19.4 Å². The zero-order valence-corrected chi connectivity index (χ0v) is 9.59. The Labute approximate surface area is 95.3 Å². The highest BCUT2D eigenvalue weighted by Crippen LogP contribution is 2.21. The van der Waals surface area contributed by atoms with Crippen LogP contribution in [0.25, 0.3) is 0 Å². The van der Waals surface area contributed by atoms with Crippen molar-refractivity contribution in [3.8, 4) is 0 Å². The standard InChI is InChI=1S/C11H19NO4/c1-8-7-15-5-4-12(8)6-9-2-3-10(16-9)11(13)14/h8-10H,2-7H2,1H3,(H,13,14). The van der Waals surface area contributed by atoms with Crippen molar-refractivity contribution in [2.45, 2.75) is 38.0 Å². The first-order valence-corrected chi connectivity index (χ1v) is 5.87. The van der Waals surface area contributed by atoms with E-state index in [0.717, 1.165) is 32.7 Å². The zero-order chi connectivity index (χ0) is 11.5. The van der Waals surface area contributed by atoms with Gasteiger partial charge in [-0.3, -0.25) is 4.90 Å². The molecule has 0 aromatic carbocycles. The van der Waals surface area contributed by atoms with Crippen LogP contribution in [0.2, 0.25) is 0 Å². The first kappa shape index (κ1) is 11.8. The van der Waals surface area contributed by atoms with Gasteiger partial charge in [-0.1, -0.05) is 0 Å². The minimum atomic E-state index is -0.836. The fourth-order valence-electron chi connectivity index (χ4n) is 2.32. The molecule has 3 atom stereocenters. The molecule has 1 N–H and O–H groups in total. The number of morpholine rings is 1. The molecule has 2 aliphatic rings. The Bertz CT molecular complexity index is 258. The summed E-state index contributed by atoms with van der Waals surface area (Å²) in [5.74, 6) is -0.836. The van der Waals surface area contributed by atoms with Crippen LogP contribution in [-0.2, 0) is 14.3 Å². The number of carboxylic acids is 1. The molecule has 0 aliphatic carbocycles. The number of rotatable bonds is 3. The number of aliphatic carboxylic acids is 1. The molecule has 2 saturated heterocycles. The van der Waals surface area contributed by atoms with Crippen LogP contribution in [0.15, 0.2) is 0 Å². The molecular formula is C11H19NO4. The summed E-state index contributed by atoms with van der Waals surface area (Å²) in [6.07, 6.45) is 0.961. The quantitative estimate of drug-likeness (QED) is 0.756. The molecule has 3 unspecified atom stereocenters. The Kier molecular flexibility index (Phi) is 3.78. The molecule has 0 radical (unpaired) electrons. The molecule has 0 aromatic heterocycles. The molecular weight excluding hydrogens is 210 g/mol. The SMILES string of the molecule is CC1COCCN1CC1CCC(C(=O)O)O1. The van der Waals surface area contributed by atoms with E-state index < -0.39 is 12.1 Å². The van der Waals surface area contributed by atoms with Gasteiger partial charge in [0.25, 0.3) is 0 Å². The van der Waals surface area contributed by atoms with Crippen molar-refractivity contribution in [2.24, 2.45) is 0 Å². The Hall–Kier alpha value is -0.650. The number of carbonyl (C=O) groups is 1. The highest BCUT2D eigenvalue weighted by Gasteiger charge is 2.32. The second-order valence-electron chi connectivity index (χ2n) is 4.58. The van der Waals surface area contributed by atoms with Crippen molar-refractivity contribution >= 4 is 5.97 Å². The van der Waals surface area contributed by atoms with E-state index in [1.807, 2.05) is 0 Å². The molecule has 2 heterocycles. The van der Waals surface area contributed by atoms with E-state index in [1.54, 1.807) is 0 Å². The van der Waals surface area contributed by atoms with Crippen LogP contribution >= 0.6 is 0 Å². The Morgan fingerprint density at radius 1 is 1.50 bits per heavy atom. The summed E-state index contributed by atoms with van der Waals surface area (Å²) in [5, 5.41) is 8.83. The van der Waals surface area contributed by atoms with Crippen LogP contribution in [0.1, 0.15) is 19.8 Å². The summed E-state index contributed by atoms with van der Waals surface area (Å²) < 4.78 is 10.9. The van der Waals surface area contributed by atoms with Crippen LogP contribution in [0.3, 0.4) is 0 Å². The lowest BCUT2D eigenvalue weighted by Crippen LogP contribution is -2.47. The molecule has 0 spiro atoms. The van der Waals surface area contributed by atoms with Gasteiger partial charge in [-0.15, -0.1) is 0 Å². The molecule has 5 nitrogen and oxygen atoms in total. The topological polar surface area (TPSA) is 59.0 Å². The van der Waals surface area contributed by atoms with Crippen molar-refractivity contribution in [3.05, 3.63) is 0 Å². The minimum absolute atomic E-state index is 0.0710. The smallest absolute Gasteiger partial charge is 0.332 e. The van der Waals surface area contributed by atoms with E-state index in [-0.39, 0.29) is 6.10 Å². The Balaban J connectivity index is 1.79. The normalized spacial score (nSPS) is 36.4. The number of ether oxygens (including phenoxy) is 2. The maximum atomic E-state index is 10.7. The van der Waals surface area contributed by atoms with Gasteiger partial charge in [-0.2, -0.15) is 0 Å². The zero-order valence-electron chi connectivity index (χ0n) is 9.59. The van der Waals surface area contributed by atoms with Gasteiger partial charge >= 0.3 is 5.97 Å². The van der Waals surface area contributed by atoms with Gasteiger partial charge in [-0.05, 0) is 19.8 Å². The number of carboxylic acid groups (broad SMARTS) is 1.